The normalized spacial score (nSPS) is 11.3. The van der Waals surface area contributed by atoms with E-state index in [-0.39, 0.29) is 26.0 Å². The van der Waals surface area contributed by atoms with Crippen molar-refractivity contribution in [2.75, 3.05) is 5.32 Å². The number of amides is 1. The molecule has 0 bridgehead atoms. The van der Waals surface area contributed by atoms with Crippen molar-refractivity contribution >= 4 is 37.9 Å². The standard InChI is InChI=1S/C16H7F4N3O5S2/c17-10-5-9(12(18)14(20)13(10)19)15(24)22-16-21-6-11(29-16)30(27,28)8-3-1-7(2-4-8)23(25)26/h1-6H,(H,21,22,24). The van der Waals surface area contributed by atoms with Gasteiger partial charge in [-0.1, -0.05) is 11.3 Å². The van der Waals surface area contributed by atoms with E-state index < -0.39 is 49.5 Å². The number of hydrogen-bond donors (Lipinski definition) is 1. The number of aromatic nitrogens is 1. The SMILES string of the molecule is O=C(Nc1ncc(S(=O)(=O)c2ccc([N+](=O)[O-])cc2)s1)c1cc(F)c(F)c(F)c1F. The molecule has 0 aliphatic rings. The summed E-state index contributed by atoms with van der Waals surface area (Å²) in [6, 6.07) is 4.12. The van der Waals surface area contributed by atoms with E-state index in [2.05, 4.69) is 4.98 Å². The predicted octanol–water partition coefficient (Wildman–Crippen LogP) is 3.69. The van der Waals surface area contributed by atoms with E-state index in [0.29, 0.717) is 11.3 Å². The van der Waals surface area contributed by atoms with Gasteiger partial charge >= 0.3 is 0 Å². The third-order valence-corrected chi connectivity index (χ3v) is 6.82. The third-order valence-electron chi connectivity index (χ3n) is 3.67. The number of benzene rings is 2. The molecule has 156 valence electrons. The van der Waals surface area contributed by atoms with Gasteiger partial charge in [0.1, 0.15) is 4.21 Å². The average Bonchev–Trinajstić information content (AvgIpc) is 3.18. The maximum atomic E-state index is 13.7. The minimum absolute atomic E-state index is 0.144. The monoisotopic (exact) mass is 461 g/mol. The van der Waals surface area contributed by atoms with Crippen molar-refractivity contribution in [2.24, 2.45) is 0 Å². The van der Waals surface area contributed by atoms with Gasteiger partial charge in [-0.25, -0.2) is 31.0 Å². The lowest BCUT2D eigenvalue weighted by Crippen LogP contribution is -2.16. The number of halogens is 4. The van der Waals surface area contributed by atoms with Crippen LogP contribution in [-0.2, 0) is 9.84 Å². The summed E-state index contributed by atoms with van der Waals surface area (Å²) in [6.45, 7) is 0. The van der Waals surface area contributed by atoms with Crippen molar-refractivity contribution in [1.29, 1.82) is 0 Å². The summed E-state index contributed by atoms with van der Waals surface area (Å²) in [6.07, 6.45) is 0.860. The lowest BCUT2D eigenvalue weighted by molar-refractivity contribution is -0.384. The molecule has 14 heteroatoms. The number of non-ortho nitro benzene ring substituents is 1. The lowest BCUT2D eigenvalue weighted by Gasteiger charge is -2.05. The molecule has 0 atom stereocenters. The first kappa shape index (κ1) is 21.3. The number of thiazole rings is 1. The zero-order valence-electron chi connectivity index (χ0n) is 14.2. The molecule has 1 N–H and O–H groups in total. The van der Waals surface area contributed by atoms with Gasteiger partial charge in [0.2, 0.25) is 9.84 Å². The zero-order valence-corrected chi connectivity index (χ0v) is 15.9. The molecule has 0 radical (unpaired) electrons. The van der Waals surface area contributed by atoms with Gasteiger partial charge in [-0.3, -0.25) is 20.2 Å². The van der Waals surface area contributed by atoms with E-state index in [1.54, 1.807) is 0 Å². The van der Waals surface area contributed by atoms with Crippen LogP contribution in [0.5, 0.6) is 0 Å². The molecule has 0 aliphatic heterocycles. The highest BCUT2D eigenvalue weighted by Gasteiger charge is 2.25. The number of carbonyl (C=O) groups excluding carboxylic acids is 1. The van der Waals surface area contributed by atoms with E-state index in [1.165, 1.54) is 0 Å². The van der Waals surface area contributed by atoms with Gasteiger partial charge in [0.15, 0.2) is 28.4 Å². The Kier molecular flexibility index (Phi) is 5.54. The van der Waals surface area contributed by atoms with Crippen molar-refractivity contribution in [3.8, 4) is 0 Å². The Morgan fingerprint density at radius 1 is 1.07 bits per heavy atom. The first-order valence-electron chi connectivity index (χ1n) is 7.62. The molecule has 0 unspecified atom stereocenters. The van der Waals surface area contributed by atoms with Crippen LogP contribution in [0.2, 0.25) is 0 Å². The van der Waals surface area contributed by atoms with Crippen molar-refractivity contribution in [3.63, 3.8) is 0 Å². The molecule has 0 saturated carbocycles. The summed E-state index contributed by atoms with van der Waals surface area (Å²) in [4.78, 5) is 25.3. The minimum atomic E-state index is -4.15. The second-order valence-corrected chi connectivity index (χ2v) is 8.75. The predicted molar refractivity (Wildman–Crippen MR) is 94.9 cm³/mol. The fourth-order valence-electron chi connectivity index (χ4n) is 2.21. The Balaban J connectivity index is 1.86. The average molecular weight is 461 g/mol. The van der Waals surface area contributed by atoms with Gasteiger partial charge in [-0.15, -0.1) is 0 Å². The minimum Gasteiger partial charge on any atom is -0.298 e. The van der Waals surface area contributed by atoms with Gasteiger partial charge in [0, 0.05) is 12.1 Å². The summed E-state index contributed by atoms with van der Waals surface area (Å²) in [5.74, 6) is -9.38. The molecule has 3 rings (SSSR count). The fraction of sp³-hybridized carbons (Fsp3) is 0. The molecule has 0 aliphatic carbocycles. The van der Waals surface area contributed by atoms with E-state index in [0.717, 1.165) is 30.5 Å². The molecule has 0 spiro atoms. The van der Waals surface area contributed by atoms with E-state index >= 15 is 0 Å². The Morgan fingerprint density at radius 2 is 1.70 bits per heavy atom. The van der Waals surface area contributed by atoms with Crippen LogP contribution in [0.1, 0.15) is 10.4 Å². The highest BCUT2D eigenvalue weighted by Crippen LogP contribution is 2.30. The largest absolute Gasteiger partial charge is 0.298 e. The van der Waals surface area contributed by atoms with Crippen LogP contribution in [0.3, 0.4) is 0 Å². The van der Waals surface area contributed by atoms with Crippen LogP contribution in [0, 0.1) is 33.4 Å². The zero-order chi connectivity index (χ0) is 22.2. The van der Waals surface area contributed by atoms with Gasteiger partial charge in [-0.2, -0.15) is 0 Å². The van der Waals surface area contributed by atoms with E-state index in [9.17, 15) is 40.9 Å². The molecular formula is C16H7F4N3O5S2. The number of nitrogens with zero attached hydrogens (tertiary/aromatic N) is 2. The summed E-state index contributed by atoms with van der Waals surface area (Å²) in [7, 11) is -4.15. The van der Waals surface area contributed by atoms with Crippen LogP contribution in [-0.4, -0.2) is 24.2 Å². The molecule has 2 aromatic carbocycles. The Bertz CT molecular complexity index is 1280. The second-order valence-electron chi connectivity index (χ2n) is 5.54. The second kappa shape index (κ2) is 7.79. The van der Waals surface area contributed by atoms with Crippen molar-refractivity contribution in [1.82, 2.24) is 4.98 Å². The Labute approximate surface area is 168 Å². The molecule has 8 nitrogen and oxygen atoms in total. The Morgan fingerprint density at radius 3 is 2.30 bits per heavy atom. The Hall–Kier alpha value is -3.39. The quantitative estimate of drug-likeness (QED) is 0.204. The van der Waals surface area contributed by atoms with E-state index in [1.807, 2.05) is 5.32 Å². The number of anilines is 1. The summed E-state index contributed by atoms with van der Waals surface area (Å²) in [5, 5.41) is 12.3. The molecule has 1 heterocycles. The highest BCUT2D eigenvalue weighted by molar-refractivity contribution is 7.93. The number of nitrogens with one attached hydrogen (secondary N) is 1. The molecule has 1 amide bonds. The van der Waals surface area contributed by atoms with Gasteiger partial charge in [-0.05, 0) is 18.2 Å². The molecule has 0 fully saturated rings. The number of hydrogen-bond acceptors (Lipinski definition) is 7. The molecule has 3 aromatic rings. The van der Waals surface area contributed by atoms with Crippen LogP contribution < -0.4 is 5.32 Å². The van der Waals surface area contributed by atoms with Crippen LogP contribution in [0.25, 0.3) is 0 Å². The van der Waals surface area contributed by atoms with Crippen molar-refractivity contribution in [2.45, 2.75) is 9.10 Å². The first-order chi connectivity index (χ1) is 14.0. The smallest absolute Gasteiger partial charge is 0.269 e. The summed E-state index contributed by atoms with van der Waals surface area (Å²) < 4.78 is 77.9. The van der Waals surface area contributed by atoms with Gasteiger partial charge < -0.3 is 0 Å². The van der Waals surface area contributed by atoms with Gasteiger partial charge in [0.25, 0.3) is 11.6 Å². The van der Waals surface area contributed by atoms with Gasteiger partial charge in [0.05, 0.1) is 21.6 Å². The number of nitro groups is 1. The first-order valence-corrected chi connectivity index (χ1v) is 9.92. The van der Waals surface area contributed by atoms with Crippen LogP contribution in [0.15, 0.2) is 45.6 Å². The number of carbonyl (C=O) groups is 1. The number of rotatable bonds is 5. The summed E-state index contributed by atoms with van der Waals surface area (Å²) in [5.41, 5.74) is -1.48. The summed E-state index contributed by atoms with van der Waals surface area (Å²) >= 11 is 0.437. The third kappa shape index (κ3) is 3.86. The molecule has 1 aromatic heterocycles. The van der Waals surface area contributed by atoms with E-state index in [4.69, 9.17) is 0 Å². The maximum absolute atomic E-state index is 13.7. The van der Waals surface area contributed by atoms with Crippen molar-refractivity contribution in [3.05, 3.63) is 75.5 Å². The molecule has 30 heavy (non-hydrogen) atoms. The maximum Gasteiger partial charge on any atom is 0.269 e. The fourth-order valence-corrected chi connectivity index (χ4v) is 4.63. The van der Waals surface area contributed by atoms with Crippen LogP contribution >= 0.6 is 11.3 Å². The topological polar surface area (TPSA) is 119 Å². The van der Waals surface area contributed by atoms with Crippen molar-refractivity contribution < 1.29 is 35.7 Å². The molecular weight excluding hydrogens is 454 g/mol. The number of sulfone groups is 1. The number of nitro benzene ring substituents is 1. The van der Waals surface area contributed by atoms with Crippen LogP contribution in [0.4, 0.5) is 28.4 Å². The molecule has 0 saturated heterocycles. The lowest BCUT2D eigenvalue weighted by atomic mass is 10.1. The highest BCUT2D eigenvalue weighted by atomic mass is 32.2.